The Labute approximate surface area is 155 Å². The second kappa shape index (κ2) is 8.10. The first-order valence-corrected chi connectivity index (χ1v) is 8.75. The lowest BCUT2D eigenvalue weighted by atomic mass is 10.1. The normalized spacial score (nSPS) is 18.0. The summed E-state index contributed by atoms with van der Waals surface area (Å²) in [6.07, 6.45) is -3.34. The Bertz CT molecular complexity index is 773. The van der Waals surface area contributed by atoms with Gasteiger partial charge in [-0.15, -0.1) is 0 Å². The average Bonchev–Trinajstić information content (AvgIpc) is 3.07. The summed E-state index contributed by atoms with van der Waals surface area (Å²) in [5.74, 6) is -0.941. The highest BCUT2D eigenvalue weighted by Gasteiger charge is 2.30. The van der Waals surface area contributed by atoms with Crippen LogP contribution in [0.4, 0.5) is 13.2 Å². The number of hydrogen-bond donors (Lipinski definition) is 2. The minimum atomic E-state index is -4.30. The number of carboxylic acids is 1. The van der Waals surface area contributed by atoms with E-state index in [1.165, 1.54) is 12.1 Å². The SMILES string of the molecule is O=C(O)c1ccc(CNC2CCN(Cc3ccc(C(F)(F)F)cc3)C2)cc1. The molecular formula is C20H21F3N2O2. The van der Waals surface area contributed by atoms with Gasteiger partial charge in [-0.2, -0.15) is 13.2 Å². The van der Waals surface area contributed by atoms with Crippen LogP contribution in [0, 0.1) is 0 Å². The quantitative estimate of drug-likeness (QED) is 0.804. The van der Waals surface area contributed by atoms with Crippen molar-refractivity contribution >= 4 is 5.97 Å². The summed E-state index contributed by atoms with van der Waals surface area (Å²) < 4.78 is 37.8. The summed E-state index contributed by atoms with van der Waals surface area (Å²) in [5, 5.41) is 12.4. The fraction of sp³-hybridized carbons (Fsp3) is 0.350. The molecule has 0 bridgehead atoms. The monoisotopic (exact) mass is 378 g/mol. The zero-order valence-electron chi connectivity index (χ0n) is 14.7. The van der Waals surface area contributed by atoms with Crippen molar-refractivity contribution in [3.8, 4) is 0 Å². The van der Waals surface area contributed by atoms with E-state index in [1.54, 1.807) is 24.3 Å². The number of aromatic carboxylic acids is 1. The van der Waals surface area contributed by atoms with Crippen LogP contribution >= 0.6 is 0 Å². The Morgan fingerprint density at radius 2 is 1.70 bits per heavy atom. The standard InChI is InChI=1S/C20H21F3N2O2/c21-20(22,23)17-7-3-15(4-8-17)12-25-10-9-18(13-25)24-11-14-1-5-16(6-2-14)19(26)27/h1-8,18,24H,9-13H2,(H,26,27). The van der Waals surface area contributed by atoms with Gasteiger partial charge in [-0.05, 0) is 41.8 Å². The van der Waals surface area contributed by atoms with Crippen molar-refractivity contribution in [1.82, 2.24) is 10.2 Å². The van der Waals surface area contributed by atoms with E-state index in [1.807, 2.05) is 0 Å². The van der Waals surface area contributed by atoms with Crippen LogP contribution in [0.15, 0.2) is 48.5 Å². The van der Waals surface area contributed by atoms with Gasteiger partial charge in [0.1, 0.15) is 0 Å². The smallest absolute Gasteiger partial charge is 0.416 e. The maximum atomic E-state index is 12.6. The molecule has 0 radical (unpaired) electrons. The van der Waals surface area contributed by atoms with Crippen LogP contribution in [0.3, 0.4) is 0 Å². The Balaban J connectivity index is 1.46. The summed E-state index contributed by atoms with van der Waals surface area (Å²) in [5.41, 5.74) is 1.53. The number of halogens is 3. The van der Waals surface area contributed by atoms with Gasteiger partial charge in [-0.3, -0.25) is 4.90 Å². The number of carbonyl (C=O) groups is 1. The zero-order valence-corrected chi connectivity index (χ0v) is 14.7. The third-order valence-corrected chi connectivity index (χ3v) is 4.76. The summed E-state index contributed by atoms with van der Waals surface area (Å²) in [7, 11) is 0. The first kappa shape index (κ1) is 19.4. The van der Waals surface area contributed by atoms with Gasteiger partial charge < -0.3 is 10.4 Å². The molecule has 0 amide bonds. The Kier molecular flexibility index (Phi) is 5.82. The van der Waals surface area contributed by atoms with Crippen LogP contribution in [0.1, 0.15) is 33.5 Å². The molecule has 1 aliphatic rings. The van der Waals surface area contributed by atoms with Crippen LogP contribution in [0.2, 0.25) is 0 Å². The fourth-order valence-electron chi connectivity index (χ4n) is 3.23. The largest absolute Gasteiger partial charge is 0.478 e. The average molecular weight is 378 g/mol. The molecule has 1 aliphatic heterocycles. The molecule has 4 nitrogen and oxygen atoms in total. The predicted octanol–water partition coefficient (Wildman–Crippen LogP) is 3.77. The summed E-state index contributed by atoms with van der Waals surface area (Å²) in [6.45, 7) is 2.99. The van der Waals surface area contributed by atoms with Gasteiger partial charge in [0.2, 0.25) is 0 Å². The van der Waals surface area contributed by atoms with E-state index in [4.69, 9.17) is 5.11 Å². The molecule has 3 rings (SSSR count). The zero-order chi connectivity index (χ0) is 19.4. The van der Waals surface area contributed by atoms with Gasteiger partial charge in [0, 0.05) is 32.2 Å². The molecule has 0 aromatic heterocycles. The highest BCUT2D eigenvalue weighted by atomic mass is 19.4. The second-order valence-electron chi connectivity index (χ2n) is 6.80. The molecule has 1 fully saturated rings. The van der Waals surface area contributed by atoms with E-state index in [9.17, 15) is 18.0 Å². The molecule has 1 unspecified atom stereocenters. The Morgan fingerprint density at radius 1 is 1.07 bits per heavy atom. The third-order valence-electron chi connectivity index (χ3n) is 4.76. The molecule has 1 saturated heterocycles. The van der Waals surface area contributed by atoms with Gasteiger partial charge in [0.05, 0.1) is 11.1 Å². The summed E-state index contributed by atoms with van der Waals surface area (Å²) in [4.78, 5) is 13.1. The van der Waals surface area contributed by atoms with Gasteiger partial charge in [0.25, 0.3) is 0 Å². The van der Waals surface area contributed by atoms with Crippen LogP contribution < -0.4 is 5.32 Å². The van der Waals surface area contributed by atoms with Crippen LogP contribution in [-0.2, 0) is 19.3 Å². The Hall–Kier alpha value is -2.38. The van der Waals surface area contributed by atoms with Crippen molar-refractivity contribution in [2.75, 3.05) is 13.1 Å². The molecule has 144 valence electrons. The number of alkyl halides is 3. The van der Waals surface area contributed by atoms with Crippen LogP contribution in [0.25, 0.3) is 0 Å². The van der Waals surface area contributed by atoms with Crippen molar-refractivity contribution in [3.05, 3.63) is 70.8 Å². The molecule has 1 atom stereocenters. The highest BCUT2D eigenvalue weighted by molar-refractivity contribution is 5.87. The number of benzene rings is 2. The lowest BCUT2D eigenvalue weighted by Gasteiger charge is -2.17. The number of nitrogens with zero attached hydrogens (tertiary/aromatic N) is 1. The number of likely N-dealkylation sites (tertiary alicyclic amines) is 1. The van der Waals surface area contributed by atoms with Crippen molar-refractivity contribution < 1.29 is 23.1 Å². The minimum absolute atomic E-state index is 0.266. The fourth-order valence-corrected chi connectivity index (χ4v) is 3.23. The summed E-state index contributed by atoms with van der Waals surface area (Å²) in [6, 6.07) is 12.4. The molecule has 0 saturated carbocycles. The lowest BCUT2D eigenvalue weighted by molar-refractivity contribution is -0.137. The lowest BCUT2D eigenvalue weighted by Crippen LogP contribution is -2.32. The molecular weight excluding hydrogens is 357 g/mol. The van der Waals surface area contributed by atoms with Crippen LogP contribution in [-0.4, -0.2) is 35.1 Å². The van der Waals surface area contributed by atoms with E-state index in [-0.39, 0.29) is 5.56 Å². The van der Waals surface area contributed by atoms with E-state index < -0.39 is 17.7 Å². The molecule has 2 aromatic rings. The number of rotatable bonds is 6. The third kappa shape index (κ3) is 5.30. The minimum Gasteiger partial charge on any atom is -0.478 e. The van der Waals surface area contributed by atoms with Crippen molar-refractivity contribution in [2.45, 2.75) is 31.7 Å². The van der Waals surface area contributed by atoms with Gasteiger partial charge in [-0.25, -0.2) is 4.79 Å². The number of hydrogen-bond acceptors (Lipinski definition) is 3. The number of nitrogens with one attached hydrogen (secondary N) is 1. The molecule has 2 N–H and O–H groups in total. The second-order valence-corrected chi connectivity index (χ2v) is 6.80. The van der Waals surface area contributed by atoms with Gasteiger partial charge in [-0.1, -0.05) is 24.3 Å². The Morgan fingerprint density at radius 3 is 2.30 bits per heavy atom. The summed E-state index contributed by atoms with van der Waals surface area (Å²) >= 11 is 0. The maximum Gasteiger partial charge on any atom is 0.416 e. The first-order valence-electron chi connectivity index (χ1n) is 8.75. The maximum absolute atomic E-state index is 12.6. The van der Waals surface area contributed by atoms with E-state index >= 15 is 0 Å². The molecule has 1 heterocycles. The molecule has 7 heteroatoms. The highest BCUT2D eigenvalue weighted by Crippen LogP contribution is 2.29. The van der Waals surface area contributed by atoms with E-state index in [0.29, 0.717) is 19.1 Å². The molecule has 27 heavy (non-hydrogen) atoms. The van der Waals surface area contributed by atoms with Crippen molar-refractivity contribution in [1.29, 1.82) is 0 Å². The first-order chi connectivity index (χ1) is 12.8. The van der Waals surface area contributed by atoms with Gasteiger partial charge >= 0.3 is 12.1 Å². The number of carboxylic acid groups (broad SMARTS) is 1. The van der Waals surface area contributed by atoms with E-state index in [0.717, 1.165) is 42.8 Å². The van der Waals surface area contributed by atoms with Crippen LogP contribution in [0.5, 0.6) is 0 Å². The van der Waals surface area contributed by atoms with Crippen molar-refractivity contribution in [2.24, 2.45) is 0 Å². The molecule has 0 spiro atoms. The van der Waals surface area contributed by atoms with E-state index in [2.05, 4.69) is 10.2 Å². The topological polar surface area (TPSA) is 52.6 Å². The molecule has 0 aliphatic carbocycles. The predicted molar refractivity (Wildman–Crippen MR) is 95.4 cm³/mol. The van der Waals surface area contributed by atoms with Gasteiger partial charge in [0.15, 0.2) is 0 Å². The van der Waals surface area contributed by atoms with Crippen molar-refractivity contribution in [3.63, 3.8) is 0 Å². The molecule has 2 aromatic carbocycles.